The molecule has 0 saturated carbocycles. The Morgan fingerprint density at radius 3 is 2.32 bits per heavy atom. The first kappa shape index (κ1) is 22.6. The summed E-state index contributed by atoms with van der Waals surface area (Å²) in [5.74, 6) is 0.969. The first-order valence-corrected chi connectivity index (χ1v) is 11.8. The summed E-state index contributed by atoms with van der Waals surface area (Å²) in [5.41, 5.74) is 2.36. The van der Waals surface area contributed by atoms with Gasteiger partial charge in [0.15, 0.2) is 5.82 Å². The van der Waals surface area contributed by atoms with Crippen molar-refractivity contribution in [2.24, 2.45) is 0 Å². The van der Waals surface area contributed by atoms with Gasteiger partial charge in [-0.15, -0.1) is 0 Å². The molecule has 0 spiro atoms. The van der Waals surface area contributed by atoms with Gasteiger partial charge in [-0.25, -0.2) is 8.42 Å². The van der Waals surface area contributed by atoms with E-state index >= 15 is 0 Å². The van der Waals surface area contributed by atoms with Crippen LogP contribution in [0.15, 0.2) is 59.1 Å². The number of benzene rings is 2. The number of amides is 1. The molecular formula is C22H26N4O4S. The van der Waals surface area contributed by atoms with E-state index in [1.165, 1.54) is 0 Å². The van der Waals surface area contributed by atoms with Crippen molar-refractivity contribution in [2.75, 3.05) is 18.1 Å². The molecule has 8 nitrogen and oxygen atoms in total. The smallest absolute Gasteiger partial charge is 0.239 e. The zero-order valence-electron chi connectivity index (χ0n) is 17.8. The third-order valence-electron chi connectivity index (χ3n) is 4.57. The van der Waals surface area contributed by atoms with E-state index in [0.717, 1.165) is 21.7 Å². The highest BCUT2D eigenvalue weighted by Gasteiger charge is 2.20. The average Bonchev–Trinajstić information content (AvgIpc) is 3.18. The van der Waals surface area contributed by atoms with Crippen LogP contribution in [-0.2, 0) is 27.8 Å². The lowest BCUT2D eigenvalue weighted by Crippen LogP contribution is -2.36. The highest BCUT2D eigenvalue weighted by atomic mass is 32.2. The Morgan fingerprint density at radius 2 is 1.74 bits per heavy atom. The Labute approximate surface area is 182 Å². The summed E-state index contributed by atoms with van der Waals surface area (Å²) in [5, 5.41) is 6.72. The second-order valence-electron chi connectivity index (χ2n) is 7.64. The predicted octanol–water partition coefficient (Wildman–Crippen LogP) is 3.18. The lowest BCUT2D eigenvalue weighted by atomic mass is 10.1. The van der Waals surface area contributed by atoms with E-state index in [1.807, 2.05) is 56.3 Å². The molecule has 0 bridgehead atoms. The molecule has 31 heavy (non-hydrogen) atoms. The van der Waals surface area contributed by atoms with Gasteiger partial charge in [0.05, 0.1) is 12.8 Å². The van der Waals surface area contributed by atoms with Gasteiger partial charge in [0.2, 0.25) is 21.8 Å². The summed E-state index contributed by atoms with van der Waals surface area (Å²) in [6.45, 7) is 3.84. The fraction of sp³-hybridized carbons (Fsp3) is 0.318. The quantitative estimate of drug-likeness (QED) is 0.546. The van der Waals surface area contributed by atoms with E-state index in [0.29, 0.717) is 23.8 Å². The molecule has 1 aromatic heterocycles. The van der Waals surface area contributed by atoms with Crippen molar-refractivity contribution in [3.8, 4) is 0 Å². The highest BCUT2D eigenvalue weighted by molar-refractivity contribution is 7.88. The molecule has 0 saturated heterocycles. The third kappa shape index (κ3) is 6.73. The second-order valence-corrected chi connectivity index (χ2v) is 9.62. The molecule has 0 radical (unpaired) electrons. The van der Waals surface area contributed by atoms with Gasteiger partial charge in [0, 0.05) is 24.6 Å². The molecule has 0 aliphatic carbocycles. The minimum Gasteiger partial charge on any atom is -0.339 e. The van der Waals surface area contributed by atoms with Gasteiger partial charge in [-0.05, 0) is 23.3 Å². The molecule has 0 atom stereocenters. The van der Waals surface area contributed by atoms with Crippen molar-refractivity contribution in [3.05, 3.63) is 77.4 Å². The number of sulfonamides is 1. The van der Waals surface area contributed by atoms with Crippen LogP contribution < -0.4 is 5.32 Å². The first-order valence-electron chi connectivity index (χ1n) is 9.91. The van der Waals surface area contributed by atoms with Crippen LogP contribution >= 0.6 is 0 Å². The molecule has 2 aromatic carbocycles. The lowest BCUT2D eigenvalue weighted by Gasteiger charge is -2.19. The highest BCUT2D eigenvalue weighted by Crippen LogP contribution is 2.16. The number of nitrogens with one attached hydrogen (secondary N) is 1. The largest absolute Gasteiger partial charge is 0.339 e. The molecule has 0 fully saturated rings. The van der Waals surface area contributed by atoms with E-state index in [4.69, 9.17) is 4.52 Å². The van der Waals surface area contributed by atoms with Gasteiger partial charge in [-0.2, -0.15) is 9.29 Å². The Bertz CT molecular complexity index is 1110. The van der Waals surface area contributed by atoms with Crippen molar-refractivity contribution in [3.63, 3.8) is 0 Å². The number of nitrogens with zero attached hydrogens (tertiary/aromatic N) is 3. The number of hydrogen-bond donors (Lipinski definition) is 1. The Morgan fingerprint density at radius 1 is 1.06 bits per heavy atom. The van der Waals surface area contributed by atoms with Crippen molar-refractivity contribution in [2.45, 2.75) is 32.7 Å². The van der Waals surface area contributed by atoms with Crippen LogP contribution in [0.2, 0.25) is 0 Å². The Balaban J connectivity index is 1.59. The fourth-order valence-electron chi connectivity index (χ4n) is 2.90. The van der Waals surface area contributed by atoms with E-state index in [9.17, 15) is 13.2 Å². The van der Waals surface area contributed by atoms with E-state index in [1.54, 1.807) is 12.1 Å². The van der Waals surface area contributed by atoms with Crippen LogP contribution in [0.1, 0.15) is 42.6 Å². The molecule has 3 rings (SSSR count). The van der Waals surface area contributed by atoms with E-state index < -0.39 is 15.9 Å². The zero-order valence-corrected chi connectivity index (χ0v) is 18.6. The average molecular weight is 443 g/mol. The second kappa shape index (κ2) is 9.84. The lowest BCUT2D eigenvalue weighted by molar-refractivity contribution is -0.116. The van der Waals surface area contributed by atoms with Crippen LogP contribution in [0.4, 0.5) is 5.69 Å². The first-order chi connectivity index (χ1) is 14.7. The minimum atomic E-state index is -3.55. The number of carbonyl (C=O) groups is 1. The minimum absolute atomic E-state index is 0.134. The molecular weight excluding hydrogens is 416 g/mol. The molecule has 3 aromatic rings. The van der Waals surface area contributed by atoms with Crippen LogP contribution in [0, 0.1) is 0 Å². The Hall–Kier alpha value is -3.04. The van der Waals surface area contributed by atoms with Gasteiger partial charge < -0.3 is 9.84 Å². The Kier molecular flexibility index (Phi) is 7.19. The summed E-state index contributed by atoms with van der Waals surface area (Å²) in [6, 6.07) is 16.4. The van der Waals surface area contributed by atoms with E-state index in [-0.39, 0.29) is 19.0 Å². The van der Waals surface area contributed by atoms with Gasteiger partial charge in [-0.1, -0.05) is 61.5 Å². The summed E-state index contributed by atoms with van der Waals surface area (Å²) in [7, 11) is -3.55. The zero-order chi connectivity index (χ0) is 22.4. The van der Waals surface area contributed by atoms with Gasteiger partial charge >= 0.3 is 0 Å². The van der Waals surface area contributed by atoms with Crippen molar-refractivity contribution >= 4 is 21.6 Å². The van der Waals surface area contributed by atoms with Crippen molar-refractivity contribution in [1.29, 1.82) is 0 Å². The van der Waals surface area contributed by atoms with E-state index in [2.05, 4.69) is 15.5 Å². The summed E-state index contributed by atoms with van der Waals surface area (Å²) in [4.78, 5) is 16.8. The molecule has 9 heteroatoms. The fourth-order valence-corrected chi connectivity index (χ4v) is 3.64. The summed E-state index contributed by atoms with van der Waals surface area (Å²) >= 11 is 0. The number of anilines is 1. The maximum Gasteiger partial charge on any atom is 0.239 e. The summed E-state index contributed by atoms with van der Waals surface area (Å²) < 4.78 is 30.6. The van der Waals surface area contributed by atoms with Crippen LogP contribution in [0.5, 0.6) is 0 Å². The maximum absolute atomic E-state index is 12.5. The van der Waals surface area contributed by atoms with Crippen LogP contribution in [-0.4, -0.2) is 41.6 Å². The van der Waals surface area contributed by atoms with Gasteiger partial charge in [0.1, 0.15) is 0 Å². The normalized spacial score (nSPS) is 11.8. The number of carbonyl (C=O) groups excluding carboxylic acids is 1. The number of aromatic nitrogens is 2. The van der Waals surface area contributed by atoms with Crippen LogP contribution in [0.25, 0.3) is 0 Å². The monoisotopic (exact) mass is 442 g/mol. The number of rotatable bonds is 9. The molecule has 1 amide bonds. The molecule has 0 unspecified atom stereocenters. The molecule has 0 aliphatic heterocycles. The maximum atomic E-state index is 12.5. The topological polar surface area (TPSA) is 105 Å². The van der Waals surface area contributed by atoms with Crippen molar-refractivity contribution < 1.29 is 17.7 Å². The van der Waals surface area contributed by atoms with Gasteiger partial charge in [-0.3, -0.25) is 4.79 Å². The molecule has 164 valence electrons. The molecule has 1 heterocycles. The molecule has 0 aliphatic rings. The standard InChI is InChI=1S/C22H26N4O4S/c1-16(2)22-24-20(25-30-22)13-17-9-11-19(12-10-17)23-21(27)15-26(31(3,28)29)14-18-7-5-4-6-8-18/h4-12,16H,13-15H2,1-3H3,(H,23,27). The van der Waals surface area contributed by atoms with Crippen molar-refractivity contribution in [1.82, 2.24) is 14.4 Å². The SMILES string of the molecule is CC(C)c1nc(Cc2ccc(NC(=O)CN(Cc3ccccc3)S(C)(=O)=O)cc2)no1. The molecule has 1 N–H and O–H groups in total. The number of hydrogen-bond acceptors (Lipinski definition) is 6. The van der Waals surface area contributed by atoms with Gasteiger partial charge in [0.25, 0.3) is 0 Å². The predicted molar refractivity (Wildman–Crippen MR) is 118 cm³/mol. The third-order valence-corrected chi connectivity index (χ3v) is 5.76. The summed E-state index contributed by atoms with van der Waals surface area (Å²) in [6.07, 6.45) is 1.62. The van der Waals surface area contributed by atoms with Crippen LogP contribution in [0.3, 0.4) is 0 Å².